The molecule has 0 heterocycles. The van der Waals surface area contributed by atoms with Crippen molar-refractivity contribution >= 4 is 11.9 Å². The third-order valence-electron chi connectivity index (χ3n) is 5.99. The summed E-state index contributed by atoms with van der Waals surface area (Å²) < 4.78 is 11.8. The molecule has 2 aromatic carbocycles. The van der Waals surface area contributed by atoms with E-state index in [-0.39, 0.29) is 17.9 Å². The van der Waals surface area contributed by atoms with Gasteiger partial charge in [-0.25, -0.2) is 0 Å². The molecule has 0 spiro atoms. The van der Waals surface area contributed by atoms with Gasteiger partial charge in [-0.1, -0.05) is 75.4 Å². The van der Waals surface area contributed by atoms with Crippen molar-refractivity contribution in [2.24, 2.45) is 5.92 Å². The lowest BCUT2D eigenvalue weighted by molar-refractivity contribution is -0.166. The molecule has 0 aliphatic carbocycles. The molecule has 0 radical (unpaired) electrons. The van der Waals surface area contributed by atoms with Crippen LogP contribution in [0, 0.1) is 5.92 Å². The molecule has 0 amide bonds. The summed E-state index contributed by atoms with van der Waals surface area (Å²) in [5.74, 6) is -0.760. The maximum atomic E-state index is 13.3. The van der Waals surface area contributed by atoms with E-state index in [1.165, 1.54) is 0 Å². The Kier molecular flexibility index (Phi) is 7.36. The Hall–Kier alpha value is -2.62. The Morgan fingerprint density at radius 2 is 1.35 bits per heavy atom. The predicted octanol–water partition coefficient (Wildman–Crippen LogP) is 6.27. The van der Waals surface area contributed by atoms with Crippen LogP contribution in [-0.2, 0) is 35.7 Å². The second-order valence-corrected chi connectivity index (χ2v) is 9.63. The van der Waals surface area contributed by atoms with E-state index < -0.39 is 16.6 Å². The van der Waals surface area contributed by atoms with Crippen molar-refractivity contribution in [1.82, 2.24) is 0 Å². The van der Waals surface area contributed by atoms with Gasteiger partial charge in [0.05, 0.1) is 11.3 Å². The van der Waals surface area contributed by atoms with Gasteiger partial charge >= 0.3 is 11.9 Å². The van der Waals surface area contributed by atoms with Crippen LogP contribution < -0.4 is 0 Å². The molecule has 0 N–H and O–H groups in total. The number of ether oxygens (including phenoxy) is 2. The molecule has 2 aromatic rings. The smallest absolute Gasteiger partial charge is 0.316 e. The first-order valence-electron chi connectivity index (χ1n) is 11.0. The van der Waals surface area contributed by atoms with Crippen LogP contribution in [-0.4, -0.2) is 11.9 Å². The summed E-state index contributed by atoms with van der Waals surface area (Å²) in [6.45, 7) is 15.0. The van der Waals surface area contributed by atoms with E-state index in [0.29, 0.717) is 6.42 Å². The first-order valence-corrected chi connectivity index (χ1v) is 11.0. The fourth-order valence-corrected chi connectivity index (χ4v) is 3.29. The Balaban J connectivity index is 2.32. The van der Waals surface area contributed by atoms with Crippen molar-refractivity contribution < 1.29 is 19.1 Å². The normalized spacial score (nSPS) is 14.1. The lowest BCUT2D eigenvalue weighted by Gasteiger charge is -2.34. The highest BCUT2D eigenvalue weighted by molar-refractivity contribution is 5.82. The fraction of sp³-hybridized carbons (Fsp3) is 0.481. The fourth-order valence-electron chi connectivity index (χ4n) is 3.29. The van der Waals surface area contributed by atoms with Crippen LogP contribution in [0.2, 0.25) is 0 Å². The van der Waals surface area contributed by atoms with Gasteiger partial charge in [0, 0.05) is 0 Å². The van der Waals surface area contributed by atoms with Crippen molar-refractivity contribution in [3.8, 4) is 0 Å². The van der Waals surface area contributed by atoms with Crippen molar-refractivity contribution in [3.63, 3.8) is 0 Å². The highest BCUT2D eigenvalue weighted by Gasteiger charge is 2.38. The molecule has 4 nitrogen and oxygen atoms in total. The van der Waals surface area contributed by atoms with Gasteiger partial charge in [0.1, 0.15) is 11.2 Å². The first kappa shape index (κ1) is 24.6. The zero-order valence-corrected chi connectivity index (χ0v) is 20.1. The third kappa shape index (κ3) is 5.55. The summed E-state index contributed by atoms with van der Waals surface area (Å²) in [5, 5.41) is 0. The van der Waals surface area contributed by atoms with Crippen LogP contribution in [0.5, 0.6) is 0 Å². The minimum absolute atomic E-state index is 0.210. The van der Waals surface area contributed by atoms with Crippen LogP contribution in [0.1, 0.15) is 78.5 Å². The van der Waals surface area contributed by atoms with E-state index in [4.69, 9.17) is 9.47 Å². The van der Waals surface area contributed by atoms with Crippen molar-refractivity contribution in [2.45, 2.75) is 78.4 Å². The minimum Gasteiger partial charge on any atom is -0.455 e. The highest BCUT2D eigenvalue weighted by atomic mass is 16.6. The molecule has 4 heteroatoms. The van der Waals surface area contributed by atoms with Gasteiger partial charge in [-0.2, -0.15) is 0 Å². The highest BCUT2D eigenvalue weighted by Crippen LogP contribution is 2.35. The number of carbonyl (C=O) groups is 2. The van der Waals surface area contributed by atoms with Gasteiger partial charge in [-0.05, 0) is 57.7 Å². The second-order valence-electron chi connectivity index (χ2n) is 9.63. The van der Waals surface area contributed by atoms with E-state index in [1.54, 1.807) is 0 Å². The van der Waals surface area contributed by atoms with Crippen LogP contribution in [0.15, 0.2) is 54.6 Å². The lowest BCUT2D eigenvalue weighted by Crippen LogP contribution is -2.38. The molecular weight excluding hydrogens is 388 g/mol. The molecular formula is C27H36O4. The maximum Gasteiger partial charge on any atom is 0.316 e. The quantitative estimate of drug-likeness (QED) is 0.469. The molecule has 0 fully saturated rings. The van der Waals surface area contributed by atoms with E-state index >= 15 is 0 Å². The van der Waals surface area contributed by atoms with Gasteiger partial charge in [0.2, 0.25) is 0 Å². The number of carbonyl (C=O) groups excluding carboxylic acids is 2. The molecule has 0 aromatic heterocycles. The van der Waals surface area contributed by atoms with Gasteiger partial charge in [0.15, 0.2) is 0 Å². The molecule has 31 heavy (non-hydrogen) atoms. The molecule has 168 valence electrons. The van der Waals surface area contributed by atoms with Crippen molar-refractivity contribution in [1.29, 1.82) is 0 Å². The topological polar surface area (TPSA) is 52.6 Å². The number of rotatable bonds is 8. The van der Waals surface area contributed by atoms with E-state index in [0.717, 1.165) is 16.7 Å². The minimum atomic E-state index is -0.876. The van der Waals surface area contributed by atoms with Crippen LogP contribution >= 0.6 is 0 Å². The van der Waals surface area contributed by atoms with Crippen LogP contribution in [0.3, 0.4) is 0 Å². The Bertz CT molecular complexity index is 912. The molecule has 0 aliphatic rings. The van der Waals surface area contributed by atoms with Gasteiger partial charge in [-0.3, -0.25) is 9.59 Å². The first-order chi connectivity index (χ1) is 14.3. The lowest BCUT2D eigenvalue weighted by atomic mass is 9.81. The van der Waals surface area contributed by atoms with Gasteiger partial charge in [0.25, 0.3) is 0 Å². The zero-order chi connectivity index (χ0) is 23.4. The average Bonchev–Trinajstić information content (AvgIpc) is 2.73. The Labute approximate surface area is 187 Å². The molecule has 1 atom stereocenters. The van der Waals surface area contributed by atoms with Crippen molar-refractivity contribution in [3.05, 3.63) is 71.3 Å². The summed E-state index contributed by atoms with van der Waals surface area (Å²) in [6, 6.07) is 17.5. The molecule has 0 saturated carbocycles. The molecule has 1 unspecified atom stereocenters. The Morgan fingerprint density at radius 1 is 0.806 bits per heavy atom. The van der Waals surface area contributed by atoms with Crippen LogP contribution in [0.4, 0.5) is 0 Å². The molecule has 0 aliphatic heterocycles. The molecule has 0 saturated heterocycles. The number of hydrogen-bond acceptors (Lipinski definition) is 4. The third-order valence-corrected chi connectivity index (χ3v) is 5.99. The second kappa shape index (κ2) is 9.25. The van der Waals surface area contributed by atoms with Gasteiger partial charge in [-0.15, -0.1) is 0 Å². The molecule has 2 rings (SSSR count). The molecule has 0 bridgehead atoms. The number of esters is 2. The number of benzene rings is 2. The largest absolute Gasteiger partial charge is 0.455 e. The Morgan fingerprint density at radius 3 is 1.90 bits per heavy atom. The predicted molar refractivity (Wildman–Crippen MR) is 124 cm³/mol. The zero-order valence-electron chi connectivity index (χ0n) is 20.1. The van der Waals surface area contributed by atoms with Crippen LogP contribution in [0.25, 0.3) is 0 Å². The SMILES string of the molecule is CCC(C)(OC(=O)C(C)(C)c1cccc(C(C)(C)OC(=O)C(C)C)c1)c1ccccc1. The summed E-state index contributed by atoms with van der Waals surface area (Å²) in [4.78, 5) is 25.5. The maximum absolute atomic E-state index is 13.3. The average molecular weight is 425 g/mol. The summed E-state index contributed by atoms with van der Waals surface area (Å²) >= 11 is 0. The van der Waals surface area contributed by atoms with Gasteiger partial charge < -0.3 is 9.47 Å². The summed E-state index contributed by atoms with van der Waals surface area (Å²) in [7, 11) is 0. The standard InChI is InChI=1S/C27H36O4/c1-9-27(8,20-14-11-10-12-15-20)31-24(29)25(4,5)21-16-13-17-22(18-21)26(6,7)30-23(28)19(2)3/h10-19H,9H2,1-8H3. The van der Waals surface area contributed by atoms with E-state index in [1.807, 2.05) is 110 Å². The summed E-state index contributed by atoms with van der Waals surface area (Å²) in [6.07, 6.45) is 0.664. The van der Waals surface area contributed by atoms with Crippen molar-refractivity contribution in [2.75, 3.05) is 0 Å². The monoisotopic (exact) mass is 424 g/mol. The van der Waals surface area contributed by atoms with E-state index in [2.05, 4.69) is 0 Å². The number of hydrogen-bond donors (Lipinski definition) is 0. The summed E-state index contributed by atoms with van der Waals surface area (Å²) in [5.41, 5.74) is 0.228. The van der Waals surface area contributed by atoms with E-state index in [9.17, 15) is 9.59 Å².